The molecule has 1 atom stereocenters. The zero-order valence-electron chi connectivity index (χ0n) is 19.9. The molecule has 1 unspecified atom stereocenters. The highest BCUT2D eigenvalue weighted by molar-refractivity contribution is 7.89. The minimum Gasteiger partial charge on any atom is -0.332 e. The van der Waals surface area contributed by atoms with E-state index in [0.29, 0.717) is 45.0 Å². The minimum atomic E-state index is -4.67. The third-order valence-electron chi connectivity index (χ3n) is 6.83. The van der Waals surface area contributed by atoms with Crippen molar-refractivity contribution in [2.45, 2.75) is 49.5 Å². The Morgan fingerprint density at radius 3 is 2.59 bits per heavy atom. The third kappa shape index (κ3) is 5.32. The quantitative estimate of drug-likeness (QED) is 0.481. The van der Waals surface area contributed by atoms with E-state index in [1.54, 1.807) is 12.4 Å². The summed E-state index contributed by atoms with van der Waals surface area (Å²) in [4.78, 5) is 23.6. The van der Waals surface area contributed by atoms with Gasteiger partial charge in [-0.25, -0.2) is 13.4 Å². The lowest BCUT2D eigenvalue weighted by Gasteiger charge is -2.35. The van der Waals surface area contributed by atoms with Crippen LogP contribution in [-0.2, 0) is 34.1 Å². The second kappa shape index (κ2) is 9.99. The molecule has 4 heterocycles. The zero-order valence-corrected chi connectivity index (χ0v) is 20.7. The fourth-order valence-corrected chi connectivity index (χ4v) is 6.63. The average Bonchev–Trinajstić information content (AvgIpc) is 3.32. The first-order valence-corrected chi connectivity index (χ1v) is 13.5. The maximum atomic E-state index is 13.4. The lowest BCUT2D eigenvalue weighted by molar-refractivity contribution is -0.137. The molecule has 2 aliphatic heterocycles. The molecule has 3 aromatic rings. The Morgan fingerprint density at radius 2 is 1.84 bits per heavy atom. The van der Waals surface area contributed by atoms with Gasteiger partial charge < -0.3 is 4.57 Å². The number of rotatable bonds is 6. The number of Topliss-reactive ketones (excluding diaryl/α,β-unsaturated/α-hetero) is 1. The maximum Gasteiger partial charge on any atom is 0.416 e. The van der Waals surface area contributed by atoms with E-state index in [-0.39, 0.29) is 18.9 Å². The van der Waals surface area contributed by atoms with Gasteiger partial charge in [0.1, 0.15) is 5.82 Å². The number of hydrogen-bond acceptors (Lipinski definition) is 6. The van der Waals surface area contributed by atoms with E-state index in [4.69, 9.17) is 4.98 Å². The lowest BCUT2D eigenvalue weighted by Crippen LogP contribution is -2.51. The topological polar surface area (TPSA) is 88.4 Å². The Morgan fingerprint density at radius 1 is 1.05 bits per heavy atom. The molecule has 12 heteroatoms. The van der Waals surface area contributed by atoms with Crippen molar-refractivity contribution in [3.8, 4) is 11.3 Å². The van der Waals surface area contributed by atoms with E-state index in [1.165, 1.54) is 0 Å². The number of carbonyl (C=O) groups excluding carboxylic acids is 1. The van der Waals surface area contributed by atoms with Crippen LogP contribution in [0.25, 0.3) is 11.3 Å². The van der Waals surface area contributed by atoms with Gasteiger partial charge in [0.05, 0.1) is 35.3 Å². The highest BCUT2D eigenvalue weighted by Gasteiger charge is 2.39. The zero-order chi connectivity index (χ0) is 26.2. The van der Waals surface area contributed by atoms with Crippen molar-refractivity contribution in [3.05, 3.63) is 66.4 Å². The second-order valence-corrected chi connectivity index (χ2v) is 11.2. The highest BCUT2D eigenvalue weighted by Crippen LogP contribution is 2.33. The van der Waals surface area contributed by atoms with Crippen molar-refractivity contribution in [2.24, 2.45) is 0 Å². The Kier molecular flexibility index (Phi) is 6.90. The van der Waals surface area contributed by atoms with Crippen molar-refractivity contribution in [1.29, 1.82) is 0 Å². The Labute approximate surface area is 212 Å². The molecule has 0 radical (unpaired) electrons. The third-order valence-corrected chi connectivity index (χ3v) is 8.73. The van der Waals surface area contributed by atoms with Gasteiger partial charge in [-0.05, 0) is 43.2 Å². The molecule has 0 amide bonds. The van der Waals surface area contributed by atoms with Gasteiger partial charge >= 0.3 is 6.18 Å². The first-order chi connectivity index (χ1) is 17.6. The molecule has 0 bridgehead atoms. The van der Waals surface area contributed by atoms with Gasteiger partial charge in [-0.1, -0.05) is 12.5 Å². The van der Waals surface area contributed by atoms with Crippen LogP contribution in [-0.4, -0.2) is 63.6 Å². The largest absolute Gasteiger partial charge is 0.416 e. The monoisotopic (exact) mass is 533 g/mol. The smallest absolute Gasteiger partial charge is 0.332 e. The second-order valence-electron chi connectivity index (χ2n) is 9.30. The van der Waals surface area contributed by atoms with Gasteiger partial charge in [-0.3, -0.25) is 14.7 Å². The first-order valence-electron chi connectivity index (χ1n) is 12.0. The molecule has 1 saturated heterocycles. The van der Waals surface area contributed by atoms with Gasteiger partial charge in [0.2, 0.25) is 10.0 Å². The fourth-order valence-electron chi connectivity index (χ4n) is 4.91. The number of piperidine rings is 1. The van der Waals surface area contributed by atoms with Crippen molar-refractivity contribution in [1.82, 2.24) is 23.7 Å². The summed E-state index contributed by atoms with van der Waals surface area (Å²) in [6.07, 6.45) is 2.25. The number of aromatic nitrogens is 3. The minimum absolute atomic E-state index is 0.0384. The SMILES string of the molecule is O=C(CN1CCn2cc(-c3ccncc3)nc2C1)C1CCCCN1S(=O)(=O)c1cccc(C(F)(F)F)c1. The van der Waals surface area contributed by atoms with Gasteiger partial charge in [0, 0.05) is 43.8 Å². The lowest BCUT2D eigenvalue weighted by atomic mass is 10.0. The van der Waals surface area contributed by atoms with Gasteiger partial charge in [0.15, 0.2) is 5.78 Å². The van der Waals surface area contributed by atoms with Crippen LogP contribution < -0.4 is 0 Å². The number of nitrogens with zero attached hydrogens (tertiary/aromatic N) is 5. The van der Waals surface area contributed by atoms with E-state index in [9.17, 15) is 26.4 Å². The van der Waals surface area contributed by atoms with Crippen molar-refractivity contribution >= 4 is 15.8 Å². The first kappa shape index (κ1) is 25.6. The van der Waals surface area contributed by atoms with Crippen LogP contribution in [0.4, 0.5) is 13.2 Å². The van der Waals surface area contributed by atoms with E-state index >= 15 is 0 Å². The molecule has 37 heavy (non-hydrogen) atoms. The van der Waals surface area contributed by atoms with Crippen LogP contribution in [0.5, 0.6) is 0 Å². The summed E-state index contributed by atoms with van der Waals surface area (Å²) < 4.78 is 69.4. The molecule has 196 valence electrons. The van der Waals surface area contributed by atoms with Gasteiger partial charge in [-0.2, -0.15) is 17.5 Å². The predicted molar refractivity (Wildman–Crippen MR) is 129 cm³/mol. The number of fused-ring (bicyclic) bond motifs is 1. The summed E-state index contributed by atoms with van der Waals surface area (Å²) in [6, 6.07) is 6.52. The van der Waals surface area contributed by atoms with Crippen molar-refractivity contribution < 1.29 is 26.4 Å². The summed E-state index contributed by atoms with van der Waals surface area (Å²) in [6.45, 7) is 1.80. The van der Waals surface area contributed by atoms with Gasteiger partial charge in [-0.15, -0.1) is 0 Å². The summed E-state index contributed by atoms with van der Waals surface area (Å²) >= 11 is 0. The van der Waals surface area contributed by atoms with Crippen LogP contribution in [0.15, 0.2) is 59.9 Å². The van der Waals surface area contributed by atoms with E-state index in [0.717, 1.165) is 39.6 Å². The molecule has 2 aliphatic rings. The molecule has 0 aliphatic carbocycles. The molecule has 5 rings (SSSR count). The molecule has 0 spiro atoms. The van der Waals surface area contributed by atoms with Crippen LogP contribution in [0.1, 0.15) is 30.7 Å². The standard InChI is InChI=1S/C25H26F3N5O3S/c26-25(27,28)19-4-3-5-20(14-19)37(35,36)33-11-2-1-6-22(33)23(34)16-31-12-13-32-15-21(30-24(32)17-31)18-7-9-29-10-8-18/h3-5,7-10,14-15,22H,1-2,6,11-13,16-17H2. The summed E-state index contributed by atoms with van der Waals surface area (Å²) in [7, 11) is -4.28. The van der Waals surface area contributed by atoms with Crippen molar-refractivity contribution in [2.75, 3.05) is 19.6 Å². The molecule has 0 saturated carbocycles. The number of benzene rings is 1. The number of pyridine rings is 1. The average molecular weight is 534 g/mol. The van der Waals surface area contributed by atoms with Crippen LogP contribution >= 0.6 is 0 Å². The highest BCUT2D eigenvalue weighted by atomic mass is 32.2. The Balaban J connectivity index is 1.31. The summed E-state index contributed by atoms with van der Waals surface area (Å²) in [5.41, 5.74) is 0.719. The normalized spacial score (nSPS) is 19.5. The number of alkyl halides is 3. The van der Waals surface area contributed by atoms with Crippen LogP contribution in [0, 0.1) is 0 Å². The van der Waals surface area contributed by atoms with Crippen molar-refractivity contribution in [3.63, 3.8) is 0 Å². The molecule has 8 nitrogen and oxygen atoms in total. The predicted octanol–water partition coefficient (Wildman–Crippen LogP) is 3.59. The number of sulfonamides is 1. The number of hydrogen-bond donors (Lipinski definition) is 0. The molecule has 1 fully saturated rings. The maximum absolute atomic E-state index is 13.4. The summed E-state index contributed by atoms with van der Waals surface area (Å²) in [5.74, 6) is 0.549. The molecule has 0 N–H and O–H groups in total. The molecular weight excluding hydrogens is 507 g/mol. The molecule has 2 aromatic heterocycles. The summed E-state index contributed by atoms with van der Waals surface area (Å²) in [5, 5.41) is 0. The number of imidazole rings is 1. The van der Waals surface area contributed by atoms with E-state index in [1.807, 2.05) is 27.8 Å². The Bertz CT molecular complexity index is 1390. The van der Waals surface area contributed by atoms with E-state index in [2.05, 4.69) is 4.98 Å². The van der Waals surface area contributed by atoms with Gasteiger partial charge in [0.25, 0.3) is 0 Å². The van der Waals surface area contributed by atoms with Crippen LogP contribution in [0.3, 0.4) is 0 Å². The van der Waals surface area contributed by atoms with E-state index < -0.39 is 32.7 Å². The molecular formula is C25H26F3N5O3S. The molecule has 1 aromatic carbocycles. The number of carbonyl (C=O) groups is 1. The van der Waals surface area contributed by atoms with Crippen LogP contribution in [0.2, 0.25) is 0 Å². The Hall–Kier alpha value is -3.09. The number of halogens is 3. The fraction of sp³-hybridized carbons (Fsp3) is 0.400. The number of ketones is 1.